The minimum absolute atomic E-state index is 0.0583. The van der Waals surface area contributed by atoms with Crippen molar-refractivity contribution in [3.8, 4) is 11.3 Å². The van der Waals surface area contributed by atoms with Crippen molar-refractivity contribution < 1.29 is 28.6 Å². The number of aliphatic hydroxyl groups excluding tert-OH is 1. The Kier molecular flexibility index (Phi) is 5.75. The smallest absolute Gasteiger partial charge is 0.354 e. The molecule has 2 rings (SSSR count). The molecule has 0 spiro atoms. The number of nitrogens with one attached hydrogen (secondary N) is 1. The van der Waals surface area contributed by atoms with Gasteiger partial charge in [0, 0.05) is 11.3 Å². The summed E-state index contributed by atoms with van der Waals surface area (Å²) in [6, 6.07) is 10.4. The molecule has 0 fully saturated rings. The Morgan fingerprint density at radius 1 is 1.21 bits per heavy atom. The fourth-order valence-electron chi connectivity index (χ4n) is 1.96. The largest absolute Gasteiger partial charge is 0.466 e. The minimum Gasteiger partial charge on any atom is -0.466 e. The molecular weight excluding hydrogens is 314 g/mol. The maximum Gasteiger partial charge on any atom is 0.354 e. The van der Waals surface area contributed by atoms with Crippen molar-refractivity contribution in [3.05, 3.63) is 53.9 Å². The van der Waals surface area contributed by atoms with E-state index in [0.717, 1.165) is 11.6 Å². The summed E-state index contributed by atoms with van der Waals surface area (Å²) >= 11 is 0. The summed E-state index contributed by atoms with van der Waals surface area (Å²) in [6.07, 6.45) is 1.01. The van der Waals surface area contributed by atoms with Crippen LogP contribution in [-0.2, 0) is 25.7 Å². The predicted octanol–water partition coefficient (Wildman–Crippen LogP) is 2.08. The van der Waals surface area contributed by atoms with Crippen LogP contribution in [0.25, 0.3) is 11.3 Å². The number of ether oxygens (including phenoxy) is 2. The number of benzene rings is 1. The highest BCUT2D eigenvalue weighted by Gasteiger charge is 2.13. The molecule has 1 heterocycles. The number of carbonyl (C=O) groups is 2. The molecule has 0 amide bonds. The van der Waals surface area contributed by atoms with Gasteiger partial charge in [-0.1, -0.05) is 12.1 Å². The molecule has 0 saturated carbocycles. The molecule has 0 radical (unpaired) electrons. The first-order valence-electron chi connectivity index (χ1n) is 7.02. The molecule has 1 aromatic heterocycles. The van der Waals surface area contributed by atoms with Crippen LogP contribution in [0, 0.1) is 0 Å². The van der Waals surface area contributed by atoms with Crippen molar-refractivity contribution in [2.75, 3.05) is 19.5 Å². The molecule has 0 saturated heterocycles. The fourth-order valence-corrected chi connectivity index (χ4v) is 1.96. The molecule has 126 valence electrons. The Balaban J connectivity index is 2.28. The van der Waals surface area contributed by atoms with Crippen LogP contribution in [0.5, 0.6) is 0 Å². The Labute approximate surface area is 138 Å². The first-order valence-corrected chi connectivity index (χ1v) is 7.02. The molecule has 7 heteroatoms. The number of methoxy groups -OCH3 is 2. The van der Waals surface area contributed by atoms with E-state index in [1.165, 1.54) is 14.2 Å². The van der Waals surface area contributed by atoms with Gasteiger partial charge in [-0.25, -0.2) is 9.59 Å². The lowest BCUT2D eigenvalue weighted by atomic mass is 10.1. The normalized spacial score (nSPS) is 11.0. The number of hydrogen-bond acceptors (Lipinski definition) is 7. The molecule has 1 aromatic carbocycles. The average Bonchev–Trinajstić information content (AvgIpc) is 3.09. The lowest BCUT2D eigenvalue weighted by Gasteiger charge is -2.10. The zero-order chi connectivity index (χ0) is 17.5. The second-order valence-corrected chi connectivity index (χ2v) is 4.70. The van der Waals surface area contributed by atoms with E-state index in [1.807, 2.05) is 6.07 Å². The van der Waals surface area contributed by atoms with Crippen LogP contribution in [0.15, 0.2) is 52.6 Å². The van der Waals surface area contributed by atoms with Crippen LogP contribution < -0.4 is 5.32 Å². The minimum atomic E-state index is -0.702. The van der Waals surface area contributed by atoms with Gasteiger partial charge in [0.05, 0.1) is 20.3 Å². The van der Waals surface area contributed by atoms with Crippen molar-refractivity contribution >= 4 is 17.6 Å². The summed E-state index contributed by atoms with van der Waals surface area (Å²) in [5.74, 6) is -0.368. The van der Waals surface area contributed by atoms with E-state index >= 15 is 0 Å². The lowest BCUT2D eigenvalue weighted by Crippen LogP contribution is -2.15. The van der Waals surface area contributed by atoms with Gasteiger partial charge in [-0.2, -0.15) is 0 Å². The fraction of sp³-hybridized carbons (Fsp3) is 0.176. The van der Waals surface area contributed by atoms with Crippen LogP contribution in [0.1, 0.15) is 5.76 Å². The van der Waals surface area contributed by atoms with Crippen molar-refractivity contribution in [3.63, 3.8) is 0 Å². The Hall–Kier alpha value is -3.06. The molecule has 7 nitrogen and oxygen atoms in total. The monoisotopic (exact) mass is 331 g/mol. The van der Waals surface area contributed by atoms with Gasteiger partial charge in [0.1, 0.15) is 23.8 Å². The number of anilines is 1. The SMILES string of the molecule is COC(=O)/C=C(/Nc1cccc(-c2ccc(CO)o2)c1)C(=O)OC. The first-order chi connectivity index (χ1) is 11.6. The van der Waals surface area contributed by atoms with E-state index in [1.54, 1.807) is 30.3 Å². The van der Waals surface area contributed by atoms with E-state index in [4.69, 9.17) is 9.52 Å². The van der Waals surface area contributed by atoms with Gasteiger partial charge in [-0.05, 0) is 24.3 Å². The number of carbonyl (C=O) groups excluding carboxylic acids is 2. The van der Waals surface area contributed by atoms with E-state index < -0.39 is 11.9 Å². The highest BCUT2D eigenvalue weighted by Crippen LogP contribution is 2.25. The van der Waals surface area contributed by atoms with E-state index in [2.05, 4.69) is 14.8 Å². The number of rotatable bonds is 6. The predicted molar refractivity (Wildman–Crippen MR) is 85.8 cm³/mol. The van der Waals surface area contributed by atoms with E-state index in [-0.39, 0.29) is 12.3 Å². The van der Waals surface area contributed by atoms with Crippen LogP contribution >= 0.6 is 0 Å². The van der Waals surface area contributed by atoms with Gasteiger partial charge < -0.3 is 24.3 Å². The van der Waals surface area contributed by atoms with Gasteiger partial charge in [0.2, 0.25) is 0 Å². The van der Waals surface area contributed by atoms with Crippen LogP contribution in [0.3, 0.4) is 0 Å². The number of hydrogen-bond donors (Lipinski definition) is 2. The number of esters is 2. The summed E-state index contributed by atoms with van der Waals surface area (Å²) in [4.78, 5) is 23.1. The van der Waals surface area contributed by atoms with Crippen molar-refractivity contribution in [2.45, 2.75) is 6.61 Å². The molecule has 0 aliphatic rings. The third-order valence-corrected chi connectivity index (χ3v) is 3.11. The van der Waals surface area contributed by atoms with E-state index in [0.29, 0.717) is 17.2 Å². The summed E-state index contributed by atoms with van der Waals surface area (Å²) in [5, 5.41) is 11.9. The molecular formula is C17H17NO6. The molecule has 0 bridgehead atoms. The Morgan fingerprint density at radius 2 is 2.00 bits per heavy atom. The van der Waals surface area contributed by atoms with Crippen LogP contribution in [0.2, 0.25) is 0 Å². The van der Waals surface area contributed by atoms with Gasteiger partial charge in [0.15, 0.2) is 0 Å². The summed E-state index contributed by atoms with van der Waals surface area (Å²) < 4.78 is 14.6. The van der Waals surface area contributed by atoms with Gasteiger partial charge in [0.25, 0.3) is 0 Å². The van der Waals surface area contributed by atoms with Crippen LogP contribution in [-0.4, -0.2) is 31.3 Å². The maximum atomic E-state index is 11.8. The molecule has 0 aliphatic carbocycles. The lowest BCUT2D eigenvalue weighted by molar-refractivity contribution is -0.138. The third kappa shape index (κ3) is 4.23. The van der Waals surface area contributed by atoms with E-state index in [9.17, 15) is 9.59 Å². The standard InChI is InChI=1S/C17H17NO6/c1-22-16(20)9-14(17(21)23-2)18-12-5-3-4-11(8-12)15-7-6-13(10-19)24-15/h3-9,18-19H,10H2,1-2H3/b14-9+. The molecule has 0 aliphatic heterocycles. The molecule has 0 atom stereocenters. The second kappa shape index (κ2) is 7.98. The zero-order valence-corrected chi connectivity index (χ0v) is 13.2. The number of furan rings is 1. The summed E-state index contributed by atoms with van der Waals surface area (Å²) in [5.41, 5.74) is 1.23. The second-order valence-electron chi connectivity index (χ2n) is 4.70. The highest BCUT2D eigenvalue weighted by atomic mass is 16.5. The van der Waals surface area contributed by atoms with Crippen molar-refractivity contribution in [2.24, 2.45) is 0 Å². The quantitative estimate of drug-likeness (QED) is 0.617. The maximum absolute atomic E-state index is 11.8. The van der Waals surface area contributed by atoms with Gasteiger partial charge >= 0.3 is 11.9 Å². The Morgan fingerprint density at radius 3 is 2.62 bits per heavy atom. The van der Waals surface area contributed by atoms with Crippen molar-refractivity contribution in [1.82, 2.24) is 0 Å². The number of aliphatic hydroxyl groups is 1. The Bertz CT molecular complexity index is 762. The third-order valence-electron chi connectivity index (χ3n) is 3.11. The first kappa shape index (κ1) is 17.3. The molecule has 2 N–H and O–H groups in total. The van der Waals surface area contributed by atoms with Crippen LogP contribution in [0.4, 0.5) is 5.69 Å². The van der Waals surface area contributed by atoms with Crippen molar-refractivity contribution in [1.29, 1.82) is 0 Å². The summed E-state index contributed by atoms with van der Waals surface area (Å²) in [6.45, 7) is -0.188. The average molecular weight is 331 g/mol. The molecule has 24 heavy (non-hydrogen) atoms. The van der Waals surface area contributed by atoms with Gasteiger partial charge in [-0.15, -0.1) is 0 Å². The summed E-state index contributed by atoms with van der Waals surface area (Å²) in [7, 11) is 2.43. The zero-order valence-electron chi connectivity index (χ0n) is 13.2. The van der Waals surface area contributed by atoms with Gasteiger partial charge in [-0.3, -0.25) is 0 Å². The molecule has 2 aromatic rings. The highest BCUT2D eigenvalue weighted by molar-refractivity contribution is 5.98. The molecule has 0 unspecified atom stereocenters. The topological polar surface area (TPSA) is 98.0 Å².